The van der Waals surface area contributed by atoms with Crippen LogP contribution < -0.4 is 0 Å². The van der Waals surface area contributed by atoms with Crippen LogP contribution in [0.4, 0.5) is 0 Å². The first-order valence-corrected chi connectivity index (χ1v) is 11.0. The van der Waals surface area contributed by atoms with E-state index in [4.69, 9.17) is 4.99 Å². The van der Waals surface area contributed by atoms with Crippen molar-refractivity contribution in [1.82, 2.24) is 4.90 Å². The van der Waals surface area contributed by atoms with E-state index in [2.05, 4.69) is 61.4 Å². The van der Waals surface area contributed by atoms with E-state index in [9.17, 15) is 5.11 Å². The Labute approximate surface area is 168 Å². The number of aliphatic imine (C=N–C) groups is 1. The van der Waals surface area contributed by atoms with Crippen molar-refractivity contribution in [2.75, 3.05) is 6.54 Å². The maximum absolute atomic E-state index is 10.6. The topological polar surface area (TPSA) is 35.8 Å². The molecule has 5 rings (SSSR count). The van der Waals surface area contributed by atoms with Crippen molar-refractivity contribution in [3.05, 3.63) is 59.9 Å². The first kappa shape index (κ1) is 18.2. The molecule has 5 aliphatic rings. The van der Waals surface area contributed by atoms with Gasteiger partial charge in [0.1, 0.15) is 0 Å². The Balaban J connectivity index is 1.50. The summed E-state index contributed by atoms with van der Waals surface area (Å²) in [6.45, 7) is 5.88. The number of aliphatic hydroxyl groups is 1. The zero-order valence-electron chi connectivity index (χ0n) is 17.0. The molecule has 2 heterocycles. The van der Waals surface area contributed by atoms with Gasteiger partial charge < -0.3 is 10.0 Å². The average molecular weight is 377 g/mol. The molecule has 6 unspecified atom stereocenters. The van der Waals surface area contributed by atoms with Crippen molar-refractivity contribution in [2.45, 2.75) is 57.7 Å². The monoisotopic (exact) mass is 376 g/mol. The molecule has 2 aliphatic heterocycles. The van der Waals surface area contributed by atoms with Crippen LogP contribution in [0.3, 0.4) is 0 Å². The highest BCUT2D eigenvalue weighted by Gasteiger charge is 2.52. The summed E-state index contributed by atoms with van der Waals surface area (Å²) < 4.78 is 0. The quantitative estimate of drug-likeness (QED) is 0.790. The molecule has 0 spiro atoms. The molecular formula is C25H32N2O. The molecule has 0 aromatic heterocycles. The molecule has 148 valence electrons. The smallest absolute Gasteiger partial charge is 0.0789 e. The first-order valence-electron chi connectivity index (χ1n) is 11.0. The Morgan fingerprint density at radius 3 is 2.75 bits per heavy atom. The molecule has 0 fully saturated rings. The Bertz CT molecular complexity index is 816. The van der Waals surface area contributed by atoms with E-state index in [-0.39, 0.29) is 17.4 Å². The molecule has 7 atom stereocenters. The van der Waals surface area contributed by atoms with Crippen molar-refractivity contribution in [1.29, 1.82) is 0 Å². The number of fused-ring (bicyclic) bond motifs is 2. The van der Waals surface area contributed by atoms with E-state index in [1.165, 1.54) is 6.42 Å². The number of hydrogen-bond acceptors (Lipinski definition) is 3. The van der Waals surface area contributed by atoms with Gasteiger partial charge in [-0.2, -0.15) is 0 Å². The van der Waals surface area contributed by atoms with E-state index in [0.29, 0.717) is 23.9 Å². The maximum Gasteiger partial charge on any atom is 0.0789 e. The predicted molar refractivity (Wildman–Crippen MR) is 115 cm³/mol. The normalized spacial score (nSPS) is 43.8. The average Bonchev–Trinajstić information content (AvgIpc) is 3.28. The minimum atomic E-state index is -0.352. The van der Waals surface area contributed by atoms with Crippen LogP contribution in [0.2, 0.25) is 0 Å². The van der Waals surface area contributed by atoms with Crippen molar-refractivity contribution in [2.24, 2.45) is 28.2 Å². The molecule has 0 bridgehead atoms. The van der Waals surface area contributed by atoms with Gasteiger partial charge in [-0.3, -0.25) is 4.99 Å². The van der Waals surface area contributed by atoms with Gasteiger partial charge in [-0.15, -0.1) is 0 Å². The van der Waals surface area contributed by atoms with Gasteiger partial charge in [0.05, 0.1) is 18.2 Å². The van der Waals surface area contributed by atoms with Gasteiger partial charge in [0.25, 0.3) is 0 Å². The number of allylic oxidation sites excluding steroid dienone is 5. The fourth-order valence-corrected chi connectivity index (χ4v) is 6.52. The molecule has 1 N–H and O–H groups in total. The Hall–Kier alpha value is -1.87. The minimum absolute atomic E-state index is 0.0592. The van der Waals surface area contributed by atoms with Crippen molar-refractivity contribution in [3.8, 4) is 0 Å². The fraction of sp³-hybridized carbons (Fsp3) is 0.560. The van der Waals surface area contributed by atoms with E-state index < -0.39 is 0 Å². The summed E-state index contributed by atoms with van der Waals surface area (Å²) in [6.07, 6.45) is 23.9. The van der Waals surface area contributed by atoms with Gasteiger partial charge in [0, 0.05) is 23.6 Å². The lowest BCUT2D eigenvalue weighted by Gasteiger charge is -2.41. The zero-order valence-corrected chi connectivity index (χ0v) is 17.0. The van der Waals surface area contributed by atoms with Crippen LogP contribution in [0.1, 0.15) is 39.5 Å². The predicted octanol–water partition coefficient (Wildman–Crippen LogP) is 4.44. The molecule has 3 aliphatic carbocycles. The minimum Gasteiger partial charge on any atom is -0.388 e. The third-order valence-electron chi connectivity index (χ3n) is 7.84. The lowest BCUT2D eigenvalue weighted by Crippen LogP contribution is -2.42. The fourth-order valence-electron chi connectivity index (χ4n) is 6.52. The van der Waals surface area contributed by atoms with E-state index in [1.54, 1.807) is 11.3 Å². The molecule has 3 heteroatoms. The van der Waals surface area contributed by atoms with Crippen LogP contribution in [0, 0.1) is 23.2 Å². The van der Waals surface area contributed by atoms with E-state index in [0.717, 1.165) is 25.8 Å². The number of nitrogens with zero attached hydrogens (tertiary/aromatic N) is 2. The summed E-state index contributed by atoms with van der Waals surface area (Å²) in [6, 6.07) is 0.850. The number of aliphatic hydroxyl groups excluding tert-OH is 1. The highest BCUT2D eigenvalue weighted by Crippen LogP contribution is 2.57. The van der Waals surface area contributed by atoms with Crippen molar-refractivity contribution >= 4 is 6.21 Å². The van der Waals surface area contributed by atoms with Crippen LogP contribution in [-0.4, -0.2) is 41.0 Å². The van der Waals surface area contributed by atoms with Crippen LogP contribution >= 0.6 is 0 Å². The Kier molecular flexibility index (Phi) is 4.46. The SMILES string of the molecule is CC1C2=C(CCC1C1C=CC=CC1O)N(C[C@@H]1CCC=N1)C1C=CC=CC21C. The highest BCUT2D eigenvalue weighted by molar-refractivity contribution is 5.60. The van der Waals surface area contributed by atoms with E-state index >= 15 is 0 Å². The molecule has 3 nitrogen and oxygen atoms in total. The second kappa shape index (κ2) is 6.88. The molecule has 0 aromatic carbocycles. The first-order chi connectivity index (χ1) is 13.6. The molecule has 0 saturated carbocycles. The van der Waals surface area contributed by atoms with Crippen molar-refractivity contribution < 1.29 is 5.11 Å². The van der Waals surface area contributed by atoms with Gasteiger partial charge in [-0.1, -0.05) is 55.5 Å². The van der Waals surface area contributed by atoms with Gasteiger partial charge in [0.15, 0.2) is 0 Å². The number of rotatable bonds is 3. The zero-order chi connectivity index (χ0) is 19.3. The third kappa shape index (κ3) is 2.70. The van der Waals surface area contributed by atoms with Crippen molar-refractivity contribution in [3.63, 3.8) is 0 Å². The largest absolute Gasteiger partial charge is 0.388 e. The Morgan fingerprint density at radius 2 is 1.96 bits per heavy atom. The van der Waals surface area contributed by atoms with Gasteiger partial charge >= 0.3 is 0 Å². The summed E-state index contributed by atoms with van der Waals surface area (Å²) >= 11 is 0. The van der Waals surface area contributed by atoms with E-state index in [1.807, 2.05) is 12.2 Å². The van der Waals surface area contributed by atoms with Gasteiger partial charge in [-0.25, -0.2) is 0 Å². The standard InChI is InChI=1S/C25H32N2O/c1-17-19(20-9-3-4-10-22(20)28)12-13-21-24(17)25(2)14-6-5-11-23(25)27(21)16-18-8-7-15-26-18/h3-6,9-11,14-15,17-20,22-23,28H,7-8,12-13,16H2,1-2H3/t17?,18-,19?,20?,22?,23?,25?/m0/s1. The lowest BCUT2D eigenvalue weighted by molar-refractivity contribution is 0.110. The maximum atomic E-state index is 10.6. The molecular weight excluding hydrogens is 344 g/mol. The molecule has 0 amide bonds. The summed E-state index contributed by atoms with van der Waals surface area (Å²) in [4.78, 5) is 7.42. The molecule has 0 aromatic rings. The molecule has 0 saturated heterocycles. The van der Waals surface area contributed by atoms with Gasteiger partial charge in [-0.05, 0) is 56.2 Å². The summed E-state index contributed by atoms with van der Waals surface area (Å²) in [7, 11) is 0. The summed E-state index contributed by atoms with van der Waals surface area (Å²) in [5.74, 6) is 1.20. The summed E-state index contributed by atoms with van der Waals surface area (Å²) in [5.41, 5.74) is 3.25. The summed E-state index contributed by atoms with van der Waals surface area (Å²) in [5, 5.41) is 10.6. The van der Waals surface area contributed by atoms with Gasteiger partial charge in [0.2, 0.25) is 0 Å². The second-order valence-electron chi connectivity index (χ2n) is 9.38. The third-order valence-corrected chi connectivity index (χ3v) is 7.84. The molecule has 28 heavy (non-hydrogen) atoms. The van der Waals surface area contributed by atoms with Crippen LogP contribution in [0.25, 0.3) is 0 Å². The highest BCUT2D eigenvalue weighted by atomic mass is 16.3. The van der Waals surface area contributed by atoms with Crippen LogP contribution in [0.15, 0.2) is 64.9 Å². The second-order valence-corrected chi connectivity index (χ2v) is 9.38. The Morgan fingerprint density at radius 1 is 1.14 bits per heavy atom. The number of hydrogen-bond donors (Lipinski definition) is 1. The van der Waals surface area contributed by atoms with Crippen LogP contribution in [0.5, 0.6) is 0 Å². The van der Waals surface area contributed by atoms with Crippen LogP contribution in [-0.2, 0) is 0 Å². The lowest BCUT2D eigenvalue weighted by atomic mass is 9.62. The molecule has 0 radical (unpaired) electrons.